The van der Waals surface area contributed by atoms with Crippen LogP contribution in [-0.4, -0.2) is 34.8 Å². The van der Waals surface area contributed by atoms with E-state index in [-0.39, 0.29) is 18.4 Å². The van der Waals surface area contributed by atoms with Gasteiger partial charge in [0.2, 0.25) is 5.91 Å². The maximum Gasteiger partial charge on any atom is 0.325 e. The third kappa shape index (κ3) is 3.38. The van der Waals surface area contributed by atoms with Gasteiger partial charge in [-0.2, -0.15) is 0 Å². The smallest absolute Gasteiger partial charge is 0.325 e. The molecule has 25 heavy (non-hydrogen) atoms. The fraction of sp³-hybridized carbons (Fsp3) is 0.526. The summed E-state index contributed by atoms with van der Waals surface area (Å²) in [4.78, 5) is 37.9. The number of carbonyl (C=O) groups is 3. The summed E-state index contributed by atoms with van der Waals surface area (Å²) in [5, 5.41) is 5.54. The molecule has 1 heterocycles. The highest BCUT2D eigenvalue weighted by molar-refractivity contribution is 6.10. The Kier molecular flexibility index (Phi) is 4.79. The molecule has 0 unspecified atom stereocenters. The van der Waals surface area contributed by atoms with Crippen molar-refractivity contribution < 1.29 is 14.4 Å². The van der Waals surface area contributed by atoms with Crippen molar-refractivity contribution in [2.24, 2.45) is 0 Å². The van der Waals surface area contributed by atoms with Gasteiger partial charge in [-0.3, -0.25) is 14.5 Å². The van der Waals surface area contributed by atoms with E-state index in [0.29, 0.717) is 24.4 Å². The van der Waals surface area contributed by atoms with Crippen LogP contribution < -0.4 is 10.6 Å². The van der Waals surface area contributed by atoms with Gasteiger partial charge in [0, 0.05) is 5.69 Å². The fourth-order valence-electron chi connectivity index (χ4n) is 3.61. The summed E-state index contributed by atoms with van der Waals surface area (Å²) >= 11 is 0. The van der Waals surface area contributed by atoms with E-state index < -0.39 is 11.6 Å². The summed E-state index contributed by atoms with van der Waals surface area (Å²) in [6, 6.07) is 7.22. The molecule has 134 valence electrons. The van der Waals surface area contributed by atoms with Crippen LogP contribution in [0.25, 0.3) is 0 Å². The molecule has 0 radical (unpaired) electrons. The number of carbonyl (C=O) groups excluding carboxylic acids is 3. The second-order valence-electron chi connectivity index (χ2n) is 7.09. The van der Waals surface area contributed by atoms with Crippen molar-refractivity contribution in [1.82, 2.24) is 10.2 Å². The monoisotopic (exact) mass is 343 g/mol. The van der Waals surface area contributed by atoms with Crippen molar-refractivity contribution >= 4 is 23.5 Å². The molecule has 1 aromatic carbocycles. The first kappa shape index (κ1) is 17.5. The highest BCUT2D eigenvalue weighted by atomic mass is 16.2. The summed E-state index contributed by atoms with van der Waals surface area (Å²) in [5.74, 6) is -0.162. The molecule has 6 heteroatoms. The zero-order chi connectivity index (χ0) is 18.0. The number of imide groups is 1. The van der Waals surface area contributed by atoms with E-state index >= 15 is 0 Å². The summed E-state index contributed by atoms with van der Waals surface area (Å²) in [6.45, 7) is 4.04. The normalized spacial score (nSPS) is 20.0. The lowest BCUT2D eigenvalue weighted by Gasteiger charge is -2.19. The minimum absolute atomic E-state index is 0.250. The predicted octanol–water partition coefficient (Wildman–Crippen LogP) is 3.00. The third-order valence-corrected chi connectivity index (χ3v) is 5.38. The van der Waals surface area contributed by atoms with E-state index in [1.807, 2.05) is 24.3 Å². The topological polar surface area (TPSA) is 78.5 Å². The molecule has 2 aliphatic rings. The van der Waals surface area contributed by atoms with Crippen molar-refractivity contribution in [2.45, 2.75) is 57.4 Å². The molecule has 1 aromatic rings. The van der Waals surface area contributed by atoms with Crippen LogP contribution in [-0.2, 0) is 9.59 Å². The molecule has 2 N–H and O–H groups in total. The minimum Gasteiger partial charge on any atom is -0.325 e. The maximum absolute atomic E-state index is 12.5. The Hall–Kier alpha value is -2.37. The van der Waals surface area contributed by atoms with E-state index in [0.717, 1.165) is 24.2 Å². The molecule has 6 nitrogen and oxygen atoms in total. The molecule has 2 fully saturated rings. The Balaban J connectivity index is 1.61. The van der Waals surface area contributed by atoms with E-state index in [1.165, 1.54) is 5.56 Å². The number of amides is 4. The van der Waals surface area contributed by atoms with Crippen molar-refractivity contribution in [3.8, 4) is 0 Å². The van der Waals surface area contributed by atoms with Gasteiger partial charge in [-0.15, -0.1) is 0 Å². The Bertz CT molecular complexity index is 678. The van der Waals surface area contributed by atoms with Gasteiger partial charge >= 0.3 is 6.03 Å². The molecule has 1 aliphatic carbocycles. The standard InChI is InChI=1S/C19H25N3O3/c1-3-13(2)14-6-8-15(9-7-14)20-16(23)12-22-17(24)19(21-18(22)25)10-4-5-11-19/h6-9,13H,3-5,10-12H2,1-2H3,(H,20,23)(H,21,25)/t13-/m0/s1. The van der Waals surface area contributed by atoms with E-state index in [4.69, 9.17) is 0 Å². The van der Waals surface area contributed by atoms with Crippen LogP contribution in [0.15, 0.2) is 24.3 Å². The molecular formula is C19H25N3O3. The zero-order valence-corrected chi connectivity index (χ0v) is 14.8. The van der Waals surface area contributed by atoms with Gasteiger partial charge in [-0.1, -0.05) is 38.8 Å². The molecule has 1 saturated carbocycles. The van der Waals surface area contributed by atoms with Crippen LogP contribution >= 0.6 is 0 Å². The number of anilines is 1. The third-order valence-electron chi connectivity index (χ3n) is 5.38. The van der Waals surface area contributed by atoms with Crippen LogP contribution in [0.3, 0.4) is 0 Å². The van der Waals surface area contributed by atoms with E-state index in [9.17, 15) is 14.4 Å². The van der Waals surface area contributed by atoms with Crippen LogP contribution in [0.1, 0.15) is 57.4 Å². The van der Waals surface area contributed by atoms with E-state index in [1.54, 1.807) is 0 Å². The highest BCUT2D eigenvalue weighted by Gasteiger charge is 2.52. The van der Waals surface area contributed by atoms with Gasteiger partial charge in [0.15, 0.2) is 0 Å². The lowest BCUT2D eigenvalue weighted by molar-refractivity contribution is -0.133. The summed E-state index contributed by atoms with van der Waals surface area (Å²) in [5.41, 5.74) is 1.12. The SMILES string of the molecule is CC[C@H](C)c1ccc(NC(=O)CN2C(=O)NC3(CCCC3)C2=O)cc1. The number of urea groups is 1. The Morgan fingerprint density at radius 3 is 2.48 bits per heavy atom. The quantitative estimate of drug-likeness (QED) is 0.807. The minimum atomic E-state index is -0.769. The average Bonchev–Trinajstić information content (AvgIpc) is 3.16. The Morgan fingerprint density at radius 2 is 1.88 bits per heavy atom. The number of benzene rings is 1. The number of nitrogens with zero attached hydrogens (tertiary/aromatic N) is 1. The molecule has 4 amide bonds. The number of nitrogens with one attached hydrogen (secondary N) is 2. The van der Waals surface area contributed by atoms with Crippen LogP contribution in [0.2, 0.25) is 0 Å². The van der Waals surface area contributed by atoms with Gasteiger partial charge < -0.3 is 10.6 Å². The van der Waals surface area contributed by atoms with Gasteiger partial charge in [0.1, 0.15) is 12.1 Å². The van der Waals surface area contributed by atoms with Crippen molar-refractivity contribution in [1.29, 1.82) is 0 Å². The summed E-state index contributed by atoms with van der Waals surface area (Å²) in [6.07, 6.45) is 4.22. The van der Waals surface area contributed by atoms with Gasteiger partial charge in [-0.25, -0.2) is 4.79 Å². The van der Waals surface area contributed by atoms with Gasteiger partial charge in [-0.05, 0) is 42.9 Å². The average molecular weight is 343 g/mol. The Morgan fingerprint density at radius 1 is 1.24 bits per heavy atom. The molecule has 0 aromatic heterocycles. The van der Waals surface area contributed by atoms with Gasteiger partial charge in [0.25, 0.3) is 5.91 Å². The molecular weight excluding hydrogens is 318 g/mol. The molecule has 1 saturated heterocycles. The first-order valence-corrected chi connectivity index (χ1v) is 8.99. The Labute approximate surface area is 148 Å². The van der Waals surface area contributed by atoms with Crippen LogP contribution in [0.5, 0.6) is 0 Å². The van der Waals surface area contributed by atoms with E-state index in [2.05, 4.69) is 24.5 Å². The number of hydrogen-bond donors (Lipinski definition) is 2. The van der Waals surface area contributed by atoms with Gasteiger partial charge in [0.05, 0.1) is 0 Å². The van der Waals surface area contributed by atoms with Crippen LogP contribution in [0.4, 0.5) is 10.5 Å². The number of rotatable bonds is 5. The molecule has 0 bridgehead atoms. The molecule has 1 spiro atoms. The largest absolute Gasteiger partial charge is 0.325 e. The van der Waals surface area contributed by atoms with Crippen molar-refractivity contribution in [3.63, 3.8) is 0 Å². The molecule has 1 aliphatic heterocycles. The van der Waals surface area contributed by atoms with Crippen molar-refractivity contribution in [3.05, 3.63) is 29.8 Å². The van der Waals surface area contributed by atoms with Crippen molar-refractivity contribution in [2.75, 3.05) is 11.9 Å². The molecule has 1 atom stereocenters. The lowest BCUT2D eigenvalue weighted by atomic mass is 9.98. The first-order valence-electron chi connectivity index (χ1n) is 8.99. The fourth-order valence-corrected chi connectivity index (χ4v) is 3.61. The van der Waals surface area contributed by atoms with Crippen LogP contribution in [0, 0.1) is 0 Å². The number of hydrogen-bond acceptors (Lipinski definition) is 3. The summed E-state index contributed by atoms with van der Waals surface area (Å²) in [7, 11) is 0. The second kappa shape index (κ2) is 6.86. The highest BCUT2D eigenvalue weighted by Crippen LogP contribution is 2.34. The zero-order valence-electron chi connectivity index (χ0n) is 14.8. The maximum atomic E-state index is 12.5. The second-order valence-corrected chi connectivity index (χ2v) is 7.09. The molecule has 3 rings (SSSR count). The summed E-state index contributed by atoms with van der Waals surface area (Å²) < 4.78 is 0. The lowest BCUT2D eigenvalue weighted by Crippen LogP contribution is -2.44. The first-order chi connectivity index (χ1) is 11.9. The predicted molar refractivity (Wildman–Crippen MR) is 95.2 cm³/mol.